The highest BCUT2D eigenvalue weighted by molar-refractivity contribution is 6.04. The predicted octanol–water partition coefficient (Wildman–Crippen LogP) is 10.7. The maximum absolute atomic E-state index is 6.38. The van der Waals surface area contributed by atoms with E-state index in [0.717, 1.165) is 50.5 Å². The third-order valence-electron chi connectivity index (χ3n) is 9.29. The topological polar surface area (TPSA) is 35.0 Å². The van der Waals surface area contributed by atoms with Crippen LogP contribution in [0.4, 0.5) is 0 Å². The molecule has 0 bridgehead atoms. The van der Waals surface area contributed by atoms with Gasteiger partial charge in [0.2, 0.25) is 0 Å². The molecule has 0 saturated carbocycles. The first-order valence-electron chi connectivity index (χ1n) is 15.1. The van der Waals surface area contributed by atoms with Crippen molar-refractivity contribution >= 4 is 10.8 Å². The number of hydrogen-bond donors (Lipinski definition) is 0. The van der Waals surface area contributed by atoms with E-state index in [4.69, 9.17) is 14.7 Å². The summed E-state index contributed by atoms with van der Waals surface area (Å²) in [6.45, 7) is 4.63. The van der Waals surface area contributed by atoms with Gasteiger partial charge >= 0.3 is 0 Å². The van der Waals surface area contributed by atoms with Gasteiger partial charge in [-0.2, -0.15) is 0 Å². The standard InChI is InChI=1S/C41H28N2O/c1-41(2)33-16-7-6-14-29(33)30-20-18-28(23-34(30)41)36-24-35(42-40(43-36)26-10-4-3-5-11-26)27-19-21-37-32(22-27)31-15-8-12-25-13-9-17-38(44-37)39(25)31/h3-24H,1-2H3. The third-order valence-corrected chi connectivity index (χ3v) is 9.29. The van der Waals surface area contributed by atoms with Crippen molar-refractivity contribution in [3.8, 4) is 67.7 Å². The SMILES string of the molecule is CC1(C)c2ccccc2-c2ccc(-c3cc(-c4ccc5c(c4)-c4cccc6cccc(c46)O5)nc(-c4ccccc4)n3)cc21. The number of aromatic nitrogens is 2. The third kappa shape index (κ3) is 3.69. The molecule has 0 amide bonds. The Kier molecular flexibility index (Phi) is 5.24. The number of ether oxygens (including phenoxy) is 1. The van der Waals surface area contributed by atoms with Crippen molar-refractivity contribution < 1.29 is 4.74 Å². The highest BCUT2D eigenvalue weighted by Crippen LogP contribution is 2.50. The Morgan fingerprint density at radius 1 is 0.477 bits per heavy atom. The van der Waals surface area contributed by atoms with Crippen molar-refractivity contribution in [2.24, 2.45) is 0 Å². The van der Waals surface area contributed by atoms with E-state index in [-0.39, 0.29) is 5.41 Å². The van der Waals surface area contributed by atoms with Crippen LogP contribution in [0.1, 0.15) is 25.0 Å². The van der Waals surface area contributed by atoms with E-state index in [9.17, 15) is 0 Å². The fourth-order valence-electron chi connectivity index (χ4n) is 7.05. The fourth-order valence-corrected chi connectivity index (χ4v) is 7.05. The maximum atomic E-state index is 6.38. The summed E-state index contributed by atoms with van der Waals surface area (Å²) < 4.78 is 6.38. The van der Waals surface area contributed by atoms with Crippen LogP contribution < -0.4 is 4.74 Å². The Morgan fingerprint density at radius 2 is 1.16 bits per heavy atom. The predicted molar refractivity (Wildman–Crippen MR) is 179 cm³/mol. The number of nitrogens with zero attached hydrogens (tertiary/aromatic N) is 2. The summed E-state index contributed by atoms with van der Waals surface area (Å²) in [7, 11) is 0. The molecule has 0 unspecified atom stereocenters. The Morgan fingerprint density at radius 3 is 2.00 bits per heavy atom. The summed E-state index contributed by atoms with van der Waals surface area (Å²) in [5, 5.41) is 2.32. The van der Waals surface area contributed by atoms with E-state index in [0.29, 0.717) is 5.82 Å². The highest BCUT2D eigenvalue weighted by atomic mass is 16.5. The molecule has 3 nitrogen and oxygen atoms in total. The van der Waals surface area contributed by atoms with Crippen molar-refractivity contribution in [2.45, 2.75) is 19.3 Å². The molecule has 2 aliphatic rings. The zero-order chi connectivity index (χ0) is 29.4. The second kappa shape index (κ2) is 9.23. The lowest BCUT2D eigenvalue weighted by Crippen LogP contribution is -2.14. The molecule has 1 aliphatic carbocycles. The van der Waals surface area contributed by atoms with E-state index in [1.165, 1.54) is 33.2 Å². The summed E-state index contributed by atoms with van der Waals surface area (Å²) >= 11 is 0. The minimum Gasteiger partial charge on any atom is -0.456 e. The minimum atomic E-state index is -0.0874. The summed E-state index contributed by atoms with van der Waals surface area (Å²) in [5.41, 5.74) is 12.4. The van der Waals surface area contributed by atoms with E-state index >= 15 is 0 Å². The zero-order valence-corrected chi connectivity index (χ0v) is 24.5. The molecule has 0 radical (unpaired) electrons. The van der Waals surface area contributed by atoms with Crippen LogP contribution in [0.15, 0.2) is 133 Å². The van der Waals surface area contributed by atoms with Crippen molar-refractivity contribution in [1.82, 2.24) is 9.97 Å². The van der Waals surface area contributed by atoms with Crippen LogP contribution in [-0.2, 0) is 5.41 Å². The molecule has 0 saturated heterocycles. The molecule has 6 aromatic carbocycles. The van der Waals surface area contributed by atoms with Crippen LogP contribution in [0.5, 0.6) is 11.5 Å². The minimum absolute atomic E-state index is 0.0874. The second-order valence-corrected chi connectivity index (χ2v) is 12.2. The van der Waals surface area contributed by atoms with E-state index in [2.05, 4.69) is 117 Å². The second-order valence-electron chi connectivity index (χ2n) is 12.2. The average Bonchev–Trinajstić information content (AvgIpc) is 3.31. The van der Waals surface area contributed by atoms with Gasteiger partial charge in [-0.1, -0.05) is 111 Å². The van der Waals surface area contributed by atoms with Crippen LogP contribution >= 0.6 is 0 Å². The van der Waals surface area contributed by atoms with E-state index in [1.54, 1.807) is 0 Å². The summed E-state index contributed by atoms with van der Waals surface area (Å²) in [6, 6.07) is 47.0. The van der Waals surface area contributed by atoms with Gasteiger partial charge in [0.15, 0.2) is 5.82 Å². The molecule has 2 heterocycles. The van der Waals surface area contributed by atoms with Gasteiger partial charge < -0.3 is 4.74 Å². The van der Waals surface area contributed by atoms with Gasteiger partial charge in [0.05, 0.1) is 11.4 Å². The lowest BCUT2D eigenvalue weighted by atomic mass is 9.82. The number of rotatable bonds is 3. The molecule has 1 aromatic heterocycles. The van der Waals surface area contributed by atoms with Crippen molar-refractivity contribution in [1.29, 1.82) is 0 Å². The molecular weight excluding hydrogens is 536 g/mol. The largest absolute Gasteiger partial charge is 0.456 e. The average molecular weight is 565 g/mol. The normalized spacial score (nSPS) is 13.6. The van der Waals surface area contributed by atoms with Crippen molar-refractivity contribution in [3.63, 3.8) is 0 Å². The first-order chi connectivity index (χ1) is 21.5. The maximum Gasteiger partial charge on any atom is 0.160 e. The first-order valence-corrected chi connectivity index (χ1v) is 15.1. The van der Waals surface area contributed by atoms with Crippen LogP contribution in [0.2, 0.25) is 0 Å². The van der Waals surface area contributed by atoms with Gasteiger partial charge in [-0.25, -0.2) is 9.97 Å². The van der Waals surface area contributed by atoms with Crippen molar-refractivity contribution in [2.75, 3.05) is 0 Å². The summed E-state index contributed by atoms with van der Waals surface area (Å²) in [5.74, 6) is 2.47. The lowest BCUT2D eigenvalue weighted by Gasteiger charge is -2.22. The zero-order valence-electron chi connectivity index (χ0n) is 24.5. The molecule has 9 rings (SSSR count). The molecule has 7 aromatic rings. The summed E-state index contributed by atoms with van der Waals surface area (Å²) in [6.07, 6.45) is 0. The van der Waals surface area contributed by atoms with Gasteiger partial charge in [0, 0.05) is 33.1 Å². The molecule has 0 atom stereocenters. The van der Waals surface area contributed by atoms with E-state index < -0.39 is 0 Å². The van der Waals surface area contributed by atoms with Gasteiger partial charge in [-0.3, -0.25) is 0 Å². The quantitative estimate of drug-likeness (QED) is 0.214. The van der Waals surface area contributed by atoms with Crippen LogP contribution in [0.25, 0.3) is 66.9 Å². The van der Waals surface area contributed by atoms with E-state index in [1.807, 2.05) is 30.3 Å². The molecule has 0 N–H and O–H groups in total. The molecule has 0 spiro atoms. The van der Waals surface area contributed by atoms with Gasteiger partial charge in [0.1, 0.15) is 11.5 Å². The smallest absolute Gasteiger partial charge is 0.160 e. The summed E-state index contributed by atoms with van der Waals surface area (Å²) in [4.78, 5) is 10.3. The highest BCUT2D eigenvalue weighted by Gasteiger charge is 2.35. The molecule has 44 heavy (non-hydrogen) atoms. The van der Waals surface area contributed by atoms with Crippen LogP contribution in [0.3, 0.4) is 0 Å². The number of hydrogen-bond acceptors (Lipinski definition) is 3. The fraction of sp³-hybridized carbons (Fsp3) is 0.0732. The van der Waals surface area contributed by atoms with Gasteiger partial charge in [0.25, 0.3) is 0 Å². The Balaban J connectivity index is 1.22. The number of fused-ring (bicyclic) bond motifs is 5. The van der Waals surface area contributed by atoms with Gasteiger partial charge in [-0.05, 0) is 69.6 Å². The monoisotopic (exact) mass is 564 g/mol. The molecule has 3 heteroatoms. The lowest BCUT2D eigenvalue weighted by molar-refractivity contribution is 0.487. The van der Waals surface area contributed by atoms with Crippen LogP contribution in [0, 0.1) is 0 Å². The first kappa shape index (κ1) is 25.0. The van der Waals surface area contributed by atoms with Gasteiger partial charge in [-0.15, -0.1) is 0 Å². The number of benzene rings is 6. The Labute approximate surface area is 256 Å². The Bertz CT molecular complexity index is 2280. The van der Waals surface area contributed by atoms with Crippen LogP contribution in [-0.4, -0.2) is 9.97 Å². The molecule has 0 fully saturated rings. The Hall–Kier alpha value is -5.54. The molecular formula is C41H28N2O. The molecule has 1 aliphatic heterocycles. The van der Waals surface area contributed by atoms with Crippen molar-refractivity contribution in [3.05, 3.63) is 145 Å². The molecule has 208 valence electrons.